The Bertz CT molecular complexity index is 1120. The van der Waals surface area contributed by atoms with Crippen molar-refractivity contribution in [2.45, 2.75) is 12.5 Å². The molecule has 0 bridgehead atoms. The quantitative estimate of drug-likeness (QED) is 0.629. The van der Waals surface area contributed by atoms with Crippen LogP contribution in [0.5, 0.6) is 5.75 Å². The number of anilines is 2. The van der Waals surface area contributed by atoms with Crippen molar-refractivity contribution >= 4 is 17.3 Å². The molecule has 0 radical (unpaired) electrons. The molecule has 0 aromatic heterocycles. The highest BCUT2D eigenvalue weighted by molar-refractivity contribution is 5.91. The number of benzene rings is 3. The zero-order valence-corrected chi connectivity index (χ0v) is 15.3. The molecular weight excluding hydrogens is 383 g/mol. The van der Waals surface area contributed by atoms with Gasteiger partial charge < -0.3 is 14.7 Å². The molecule has 1 heterocycles. The zero-order valence-electron chi connectivity index (χ0n) is 15.3. The van der Waals surface area contributed by atoms with Gasteiger partial charge in [0.1, 0.15) is 24.1 Å². The summed E-state index contributed by atoms with van der Waals surface area (Å²) in [5.74, 6) is -5.38. The van der Waals surface area contributed by atoms with Crippen molar-refractivity contribution in [3.63, 3.8) is 0 Å². The molecule has 7 heteroatoms. The van der Waals surface area contributed by atoms with E-state index in [1.807, 2.05) is 17.0 Å². The minimum Gasteiger partial charge on any atom is -0.488 e. The van der Waals surface area contributed by atoms with Crippen LogP contribution in [0.25, 0.3) is 0 Å². The Kier molecular flexibility index (Phi) is 4.66. The number of carbonyl (C=O) groups is 1. The molecule has 0 saturated heterocycles. The molecule has 0 aliphatic carbocycles. The van der Waals surface area contributed by atoms with E-state index in [0.29, 0.717) is 22.9 Å². The SMILES string of the molecule is CN1c2ccccc2C(C(=O)O)c2c(OCc3c(F)ccc(F)c3F)cccc21. The second-order valence-corrected chi connectivity index (χ2v) is 6.69. The van der Waals surface area contributed by atoms with E-state index in [9.17, 15) is 23.1 Å². The Morgan fingerprint density at radius 2 is 1.69 bits per heavy atom. The first-order valence-corrected chi connectivity index (χ1v) is 8.83. The van der Waals surface area contributed by atoms with Gasteiger partial charge in [0, 0.05) is 24.0 Å². The fourth-order valence-electron chi connectivity index (χ4n) is 3.67. The highest BCUT2D eigenvalue weighted by Gasteiger charge is 2.36. The maximum absolute atomic E-state index is 14.0. The van der Waals surface area contributed by atoms with E-state index >= 15 is 0 Å². The standard InChI is InChI=1S/C22H16F3NO3/c1-26-16-6-3-2-5-12(16)19(22(27)28)20-17(26)7-4-8-18(20)29-11-13-14(23)9-10-15(24)21(13)25/h2-10,19H,11H2,1H3,(H,27,28). The van der Waals surface area contributed by atoms with Crippen LogP contribution in [0, 0.1) is 17.5 Å². The largest absolute Gasteiger partial charge is 0.488 e. The summed E-state index contributed by atoms with van der Waals surface area (Å²) in [4.78, 5) is 14.0. The number of para-hydroxylation sites is 1. The second kappa shape index (κ2) is 7.16. The Balaban J connectivity index is 1.79. The van der Waals surface area contributed by atoms with Crippen LogP contribution in [0.4, 0.5) is 24.5 Å². The summed E-state index contributed by atoms with van der Waals surface area (Å²) in [6.45, 7) is -0.580. The molecule has 1 atom stereocenters. The molecule has 0 spiro atoms. The summed E-state index contributed by atoms with van der Waals surface area (Å²) < 4.78 is 47.0. The van der Waals surface area contributed by atoms with Gasteiger partial charge in [-0.25, -0.2) is 13.2 Å². The number of nitrogens with zero attached hydrogens (tertiary/aromatic N) is 1. The van der Waals surface area contributed by atoms with Crippen molar-refractivity contribution in [3.8, 4) is 5.75 Å². The second-order valence-electron chi connectivity index (χ2n) is 6.69. The first-order valence-electron chi connectivity index (χ1n) is 8.83. The van der Waals surface area contributed by atoms with Crippen LogP contribution in [0.15, 0.2) is 54.6 Å². The number of aliphatic carboxylic acids is 1. The van der Waals surface area contributed by atoms with Crippen LogP contribution < -0.4 is 9.64 Å². The summed E-state index contributed by atoms with van der Waals surface area (Å²) in [5, 5.41) is 9.91. The average Bonchev–Trinajstić information content (AvgIpc) is 2.71. The Hall–Kier alpha value is -3.48. The van der Waals surface area contributed by atoms with Crippen molar-refractivity contribution < 1.29 is 27.8 Å². The average molecular weight is 399 g/mol. The van der Waals surface area contributed by atoms with E-state index < -0.39 is 41.5 Å². The summed E-state index contributed by atoms with van der Waals surface area (Å²) in [6.07, 6.45) is 0. The van der Waals surface area contributed by atoms with Crippen molar-refractivity contribution in [1.29, 1.82) is 0 Å². The first kappa shape index (κ1) is 18.9. The van der Waals surface area contributed by atoms with Gasteiger partial charge >= 0.3 is 5.97 Å². The van der Waals surface area contributed by atoms with Crippen LogP contribution in [0.3, 0.4) is 0 Å². The summed E-state index contributed by atoms with van der Waals surface area (Å²) in [5.41, 5.74) is 1.74. The lowest BCUT2D eigenvalue weighted by molar-refractivity contribution is -0.137. The fraction of sp³-hybridized carbons (Fsp3) is 0.136. The first-order chi connectivity index (χ1) is 13.9. The maximum atomic E-state index is 14.0. The van der Waals surface area contributed by atoms with Gasteiger partial charge in [-0.3, -0.25) is 4.79 Å². The molecule has 0 fully saturated rings. The van der Waals surface area contributed by atoms with Gasteiger partial charge in [-0.05, 0) is 35.9 Å². The monoisotopic (exact) mass is 399 g/mol. The van der Waals surface area contributed by atoms with Crippen molar-refractivity contribution in [2.24, 2.45) is 0 Å². The van der Waals surface area contributed by atoms with E-state index in [-0.39, 0.29) is 5.75 Å². The van der Waals surface area contributed by atoms with E-state index in [1.54, 1.807) is 31.3 Å². The van der Waals surface area contributed by atoms with Crippen LogP contribution in [0.2, 0.25) is 0 Å². The van der Waals surface area contributed by atoms with Crippen LogP contribution in [-0.2, 0) is 11.4 Å². The molecule has 3 aromatic rings. The third kappa shape index (κ3) is 3.08. The predicted molar refractivity (Wildman–Crippen MR) is 101 cm³/mol. The number of rotatable bonds is 4. The summed E-state index contributed by atoms with van der Waals surface area (Å²) in [6, 6.07) is 13.6. The van der Waals surface area contributed by atoms with Gasteiger partial charge in [-0.15, -0.1) is 0 Å². The molecule has 3 aromatic carbocycles. The molecule has 0 saturated carbocycles. The third-order valence-electron chi connectivity index (χ3n) is 5.06. The number of carboxylic acid groups (broad SMARTS) is 1. The lowest BCUT2D eigenvalue weighted by Gasteiger charge is -2.34. The van der Waals surface area contributed by atoms with E-state index in [4.69, 9.17) is 4.74 Å². The topological polar surface area (TPSA) is 49.8 Å². The minimum absolute atomic E-state index is 0.166. The number of fused-ring (bicyclic) bond motifs is 2. The molecule has 4 rings (SSSR count). The molecule has 1 aliphatic rings. The maximum Gasteiger partial charge on any atom is 0.315 e. The van der Waals surface area contributed by atoms with Crippen LogP contribution in [-0.4, -0.2) is 18.1 Å². The molecule has 148 valence electrons. The lowest BCUT2D eigenvalue weighted by atomic mass is 9.84. The highest BCUT2D eigenvalue weighted by atomic mass is 19.2. The van der Waals surface area contributed by atoms with Crippen LogP contribution in [0.1, 0.15) is 22.6 Å². The van der Waals surface area contributed by atoms with Gasteiger partial charge in [-0.1, -0.05) is 24.3 Å². The van der Waals surface area contributed by atoms with Gasteiger partial charge in [-0.2, -0.15) is 0 Å². The molecule has 29 heavy (non-hydrogen) atoms. The predicted octanol–water partition coefficient (Wildman–Crippen LogP) is 4.98. The van der Waals surface area contributed by atoms with Gasteiger partial charge in [0.2, 0.25) is 0 Å². The van der Waals surface area contributed by atoms with Crippen LogP contribution >= 0.6 is 0 Å². The minimum atomic E-state index is -1.33. The number of hydrogen-bond donors (Lipinski definition) is 1. The molecular formula is C22H16F3NO3. The summed E-state index contributed by atoms with van der Waals surface area (Å²) >= 11 is 0. The molecule has 0 amide bonds. The van der Waals surface area contributed by atoms with Crippen molar-refractivity contribution in [3.05, 3.63) is 88.7 Å². The molecule has 1 unspecified atom stereocenters. The molecule has 1 N–H and O–H groups in total. The highest BCUT2D eigenvalue weighted by Crippen LogP contribution is 2.48. The normalized spacial score (nSPS) is 14.9. The Morgan fingerprint density at radius 1 is 1.00 bits per heavy atom. The number of ether oxygens (including phenoxy) is 1. The van der Waals surface area contributed by atoms with E-state index in [1.165, 1.54) is 6.07 Å². The fourth-order valence-corrected chi connectivity index (χ4v) is 3.67. The number of hydrogen-bond acceptors (Lipinski definition) is 3. The van der Waals surface area contributed by atoms with Crippen molar-refractivity contribution in [2.75, 3.05) is 11.9 Å². The van der Waals surface area contributed by atoms with Gasteiger partial charge in [0.15, 0.2) is 11.6 Å². The van der Waals surface area contributed by atoms with Crippen molar-refractivity contribution in [1.82, 2.24) is 0 Å². The zero-order chi connectivity index (χ0) is 20.7. The smallest absolute Gasteiger partial charge is 0.315 e. The third-order valence-corrected chi connectivity index (χ3v) is 5.06. The van der Waals surface area contributed by atoms with Gasteiger partial charge in [0.25, 0.3) is 0 Å². The van der Waals surface area contributed by atoms with E-state index in [0.717, 1.165) is 11.8 Å². The Labute approximate surface area is 164 Å². The molecule has 1 aliphatic heterocycles. The lowest BCUT2D eigenvalue weighted by Crippen LogP contribution is -2.26. The number of carboxylic acids is 1. The summed E-state index contributed by atoms with van der Waals surface area (Å²) in [7, 11) is 1.80. The number of halogens is 3. The van der Waals surface area contributed by atoms with Gasteiger partial charge in [0.05, 0.1) is 5.56 Å². The Morgan fingerprint density at radius 3 is 2.45 bits per heavy atom. The molecule has 4 nitrogen and oxygen atoms in total. The van der Waals surface area contributed by atoms with E-state index in [2.05, 4.69) is 0 Å².